The van der Waals surface area contributed by atoms with Crippen molar-refractivity contribution in [3.8, 4) is 0 Å². The predicted molar refractivity (Wildman–Crippen MR) is 99.3 cm³/mol. The maximum Gasteiger partial charge on any atom is -0.0195 e. The van der Waals surface area contributed by atoms with Crippen LogP contribution in [-0.2, 0) is 0 Å². The van der Waals surface area contributed by atoms with E-state index >= 15 is 0 Å². The van der Waals surface area contributed by atoms with Crippen LogP contribution in [-0.4, -0.2) is 7.05 Å². The average Bonchev–Trinajstić information content (AvgIpc) is 2.52. The Morgan fingerprint density at radius 3 is 1.20 bits per heavy atom. The van der Waals surface area contributed by atoms with E-state index in [4.69, 9.17) is 0 Å². The zero-order valence-corrected chi connectivity index (χ0v) is 16.6. The Morgan fingerprint density at radius 2 is 1.05 bits per heavy atom. The molecule has 0 saturated heterocycles. The largest absolute Gasteiger partial charge is 0.333 e. The van der Waals surface area contributed by atoms with E-state index in [0.29, 0.717) is 0 Å². The van der Waals surface area contributed by atoms with Crippen LogP contribution in [0.15, 0.2) is 0 Å². The molecule has 0 bridgehead atoms. The van der Waals surface area contributed by atoms with Crippen molar-refractivity contribution in [1.82, 2.24) is 0 Å². The van der Waals surface area contributed by atoms with E-state index in [1.165, 1.54) is 45.6 Å². The van der Waals surface area contributed by atoms with Crippen molar-refractivity contribution in [3.63, 3.8) is 0 Å². The summed E-state index contributed by atoms with van der Waals surface area (Å²) in [4.78, 5) is 0. The number of hydrogen-bond donors (Lipinski definition) is 1. The van der Waals surface area contributed by atoms with Gasteiger partial charge in [0, 0.05) is 0 Å². The summed E-state index contributed by atoms with van der Waals surface area (Å²) in [6.45, 7) is 19.6. The highest BCUT2D eigenvalue weighted by atomic mass is 14.4. The zero-order chi connectivity index (χ0) is 17.0. The number of unbranched alkanes of at least 4 members (excludes halogenated alkanes) is 2. The van der Waals surface area contributed by atoms with Gasteiger partial charge in [0.1, 0.15) is 0 Å². The normalized spacial score (nSPS) is 23.2. The predicted octanol–water partition coefficient (Wildman–Crippen LogP) is 6.90. The smallest absolute Gasteiger partial charge is 0.0195 e. The van der Waals surface area contributed by atoms with Gasteiger partial charge in [-0.1, -0.05) is 101 Å². The second kappa shape index (κ2) is 27.3. The molecule has 0 aliphatic heterocycles. The van der Waals surface area contributed by atoms with Gasteiger partial charge in [0.2, 0.25) is 0 Å². The molecule has 1 heteroatoms. The van der Waals surface area contributed by atoms with Gasteiger partial charge >= 0.3 is 0 Å². The third kappa shape index (κ3) is 20.3. The highest BCUT2D eigenvalue weighted by Crippen LogP contribution is 2.33. The van der Waals surface area contributed by atoms with Gasteiger partial charge in [-0.05, 0) is 24.8 Å². The van der Waals surface area contributed by atoms with Crippen molar-refractivity contribution in [1.29, 1.82) is 0 Å². The van der Waals surface area contributed by atoms with Crippen LogP contribution in [0, 0.1) is 17.8 Å². The van der Waals surface area contributed by atoms with E-state index in [2.05, 4.69) is 40.4 Å². The summed E-state index contributed by atoms with van der Waals surface area (Å²) in [6.07, 6.45) is 8.47. The first-order valence-corrected chi connectivity index (χ1v) is 9.21. The van der Waals surface area contributed by atoms with Crippen LogP contribution in [0.1, 0.15) is 101 Å². The molecular weight excluding hydrogens is 242 g/mol. The first kappa shape index (κ1) is 28.2. The minimum absolute atomic E-state index is 0.971. The molecule has 1 nitrogen and oxygen atoms in total. The molecular formula is C19H47N. The monoisotopic (exact) mass is 289 g/mol. The molecule has 1 aliphatic carbocycles. The lowest BCUT2D eigenvalue weighted by Crippen LogP contribution is -2.21. The van der Waals surface area contributed by atoms with Crippen LogP contribution in [0.3, 0.4) is 0 Å². The Morgan fingerprint density at radius 1 is 0.750 bits per heavy atom. The Kier molecular flexibility index (Phi) is 38.5. The number of hydrogen-bond acceptors (Lipinski definition) is 1. The summed E-state index contributed by atoms with van der Waals surface area (Å²) in [6, 6.07) is 0. The molecule has 0 spiro atoms. The van der Waals surface area contributed by atoms with Crippen molar-refractivity contribution in [2.45, 2.75) is 101 Å². The average molecular weight is 290 g/mol. The molecule has 1 rings (SSSR count). The number of nitrogens with two attached hydrogens (primary N) is 1. The maximum atomic E-state index is 4.50. The van der Waals surface area contributed by atoms with E-state index < -0.39 is 0 Å². The first-order chi connectivity index (χ1) is 9.63. The van der Waals surface area contributed by atoms with Crippen LogP contribution in [0.25, 0.3) is 0 Å². The molecule has 128 valence electrons. The summed E-state index contributed by atoms with van der Waals surface area (Å²) in [5.41, 5.74) is 4.50. The summed E-state index contributed by atoms with van der Waals surface area (Å²) < 4.78 is 0. The second-order valence-corrected chi connectivity index (χ2v) is 5.10. The minimum Gasteiger partial charge on any atom is -0.333 e. The van der Waals surface area contributed by atoms with Crippen molar-refractivity contribution in [2.24, 2.45) is 23.5 Å². The zero-order valence-electron chi connectivity index (χ0n) is 16.6. The highest BCUT2D eigenvalue weighted by molar-refractivity contribution is 4.73. The van der Waals surface area contributed by atoms with Gasteiger partial charge in [-0.15, -0.1) is 0 Å². The molecule has 1 saturated carbocycles. The quantitative estimate of drug-likeness (QED) is 0.587. The molecule has 0 aromatic heterocycles. The van der Waals surface area contributed by atoms with Crippen molar-refractivity contribution in [2.75, 3.05) is 7.05 Å². The van der Waals surface area contributed by atoms with E-state index in [1.54, 1.807) is 0 Å². The van der Waals surface area contributed by atoms with Gasteiger partial charge in [-0.3, -0.25) is 0 Å². The van der Waals surface area contributed by atoms with Gasteiger partial charge in [0.05, 0.1) is 0 Å². The number of rotatable bonds is 2. The van der Waals surface area contributed by atoms with Crippen LogP contribution in [0.4, 0.5) is 0 Å². The summed E-state index contributed by atoms with van der Waals surface area (Å²) in [7, 11) is 1.50. The lowest BCUT2D eigenvalue weighted by molar-refractivity contribution is 0.197. The van der Waals surface area contributed by atoms with E-state index in [-0.39, 0.29) is 0 Å². The third-order valence-electron chi connectivity index (χ3n) is 3.82. The van der Waals surface area contributed by atoms with Gasteiger partial charge in [0.15, 0.2) is 0 Å². The van der Waals surface area contributed by atoms with Gasteiger partial charge in [-0.25, -0.2) is 0 Å². The summed E-state index contributed by atoms with van der Waals surface area (Å²) in [5, 5.41) is 0. The van der Waals surface area contributed by atoms with Crippen molar-refractivity contribution < 1.29 is 0 Å². The fourth-order valence-electron chi connectivity index (χ4n) is 2.20. The Hall–Kier alpha value is -0.0400. The SMILES string of the molecule is CC.CC.CC1CCCC(C)C1C.CCCCC.CN. The van der Waals surface area contributed by atoms with E-state index in [1.807, 2.05) is 27.7 Å². The molecule has 20 heavy (non-hydrogen) atoms. The lowest BCUT2D eigenvalue weighted by Gasteiger charge is -2.31. The van der Waals surface area contributed by atoms with Crippen molar-refractivity contribution >= 4 is 0 Å². The molecule has 0 radical (unpaired) electrons. The van der Waals surface area contributed by atoms with Crippen LogP contribution in [0.2, 0.25) is 0 Å². The maximum absolute atomic E-state index is 4.50. The standard InChI is InChI=1S/C9H18.C5H12.2C2H6.CH5N/c1-7-5-4-6-8(2)9(7)3;1-3-5-4-2;3*1-2/h7-9H,4-6H2,1-3H3;3-5H2,1-2H3;2*1-2H3;2H2,1H3. The molecule has 0 amide bonds. The third-order valence-corrected chi connectivity index (χ3v) is 3.82. The van der Waals surface area contributed by atoms with Crippen LogP contribution in [0.5, 0.6) is 0 Å². The summed E-state index contributed by atoms with van der Waals surface area (Å²) >= 11 is 0. The molecule has 0 aromatic rings. The Labute approximate surface area is 132 Å². The van der Waals surface area contributed by atoms with Crippen LogP contribution >= 0.6 is 0 Å². The van der Waals surface area contributed by atoms with Crippen molar-refractivity contribution in [3.05, 3.63) is 0 Å². The highest BCUT2D eigenvalue weighted by Gasteiger charge is 2.22. The second-order valence-electron chi connectivity index (χ2n) is 5.10. The first-order valence-electron chi connectivity index (χ1n) is 9.21. The fourth-order valence-corrected chi connectivity index (χ4v) is 2.20. The lowest BCUT2D eigenvalue weighted by atomic mass is 9.75. The molecule has 2 N–H and O–H groups in total. The van der Waals surface area contributed by atoms with Gasteiger partial charge < -0.3 is 5.73 Å². The van der Waals surface area contributed by atoms with Gasteiger partial charge in [-0.2, -0.15) is 0 Å². The Bertz CT molecular complexity index is 111. The molecule has 1 fully saturated rings. The van der Waals surface area contributed by atoms with E-state index in [9.17, 15) is 0 Å². The molecule has 2 unspecified atom stereocenters. The Balaban J connectivity index is -0.000000100. The molecule has 2 atom stereocenters. The van der Waals surface area contributed by atoms with Gasteiger partial charge in [0.25, 0.3) is 0 Å². The minimum atomic E-state index is 0.971. The molecule has 1 aliphatic rings. The molecule has 0 heterocycles. The van der Waals surface area contributed by atoms with E-state index in [0.717, 1.165) is 17.8 Å². The summed E-state index contributed by atoms with van der Waals surface area (Å²) in [5.74, 6) is 2.93. The fraction of sp³-hybridized carbons (Fsp3) is 1.00. The molecule has 0 aromatic carbocycles. The van der Waals surface area contributed by atoms with Crippen LogP contribution < -0.4 is 5.73 Å². The topological polar surface area (TPSA) is 26.0 Å².